The predicted octanol–water partition coefficient (Wildman–Crippen LogP) is 3.42. The number of hydrogen-bond donors (Lipinski definition) is 1. The van der Waals surface area contributed by atoms with Gasteiger partial charge in [0, 0.05) is 43.2 Å². The van der Waals surface area contributed by atoms with Gasteiger partial charge in [0.1, 0.15) is 16.7 Å². The van der Waals surface area contributed by atoms with Crippen molar-refractivity contribution in [3.05, 3.63) is 53.7 Å². The van der Waals surface area contributed by atoms with Crippen LogP contribution in [0.3, 0.4) is 0 Å². The molecular weight excluding hydrogens is 463 g/mol. The second-order valence-electron chi connectivity index (χ2n) is 9.19. The molecule has 11 heteroatoms. The van der Waals surface area contributed by atoms with Crippen LogP contribution in [0.25, 0.3) is 22.4 Å². The summed E-state index contributed by atoms with van der Waals surface area (Å²) < 4.78 is 21.6. The van der Waals surface area contributed by atoms with Crippen molar-refractivity contribution in [2.75, 3.05) is 36.5 Å². The molecule has 186 valence electrons. The number of rotatable bonds is 5. The van der Waals surface area contributed by atoms with Gasteiger partial charge < -0.3 is 15.0 Å². The number of nitrogens with one attached hydrogen (secondary N) is 1. The average Bonchev–Trinajstić information content (AvgIpc) is 3.25. The number of carbonyl (C=O) groups excluding carboxylic acids is 1. The molecule has 1 saturated heterocycles. The Morgan fingerprint density at radius 3 is 2.67 bits per heavy atom. The minimum Gasteiger partial charge on any atom is -0.378 e. The van der Waals surface area contributed by atoms with Crippen LogP contribution in [0.2, 0.25) is 0 Å². The van der Waals surface area contributed by atoms with Crippen LogP contribution in [0, 0.1) is 6.92 Å². The summed E-state index contributed by atoms with van der Waals surface area (Å²) in [5, 5.41) is 7.22. The Hall–Kier alpha value is -3.99. The van der Waals surface area contributed by atoms with E-state index >= 15 is 0 Å². The van der Waals surface area contributed by atoms with Crippen LogP contribution in [0.4, 0.5) is 15.9 Å². The maximum Gasteiger partial charge on any atom is 0.255 e. The molecule has 0 saturated carbocycles. The molecule has 1 amide bonds. The molecule has 5 rings (SSSR count). The lowest BCUT2D eigenvalue weighted by atomic mass is 10.0. The third-order valence-electron chi connectivity index (χ3n) is 6.10. The molecule has 1 N–H and O–H groups in total. The third-order valence-corrected chi connectivity index (χ3v) is 6.10. The number of alkyl halides is 1. The monoisotopic (exact) mass is 490 g/mol. The van der Waals surface area contributed by atoms with E-state index in [1.807, 2.05) is 14.0 Å². The molecule has 0 radical (unpaired) electrons. The molecule has 0 aliphatic carbocycles. The predicted molar refractivity (Wildman–Crippen MR) is 134 cm³/mol. The molecule has 1 aliphatic heterocycles. The van der Waals surface area contributed by atoms with E-state index in [0.29, 0.717) is 48.9 Å². The maximum atomic E-state index is 14.3. The van der Waals surface area contributed by atoms with Crippen molar-refractivity contribution in [3.8, 4) is 11.4 Å². The van der Waals surface area contributed by atoms with Gasteiger partial charge in [0.05, 0.1) is 37.0 Å². The topological polar surface area (TPSA) is 111 Å². The van der Waals surface area contributed by atoms with E-state index < -0.39 is 11.6 Å². The number of carbonyl (C=O) groups is 1. The average molecular weight is 491 g/mol. The molecule has 1 fully saturated rings. The Kier molecular flexibility index (Phi) is 6.09. The van der Waals surface area contributed by atoms with Crippen LogP contribution in [-0.4, -0.2) is 61.9 Å². The first kappa shape index (κ1) is 23.7. The molecular formula is C25H27FN8O2. The van der Waals surface area contributed by atoms with Crippen LogP contribution in [0.1, 0.15) is 35.6 Å². The van der Waals surface area contributed by atoms with Crippen molar-refractivity contribution in [1.82, 2.24) is 29.7 Å². The Morgan fingerprint density at radius 1 is 1.14 bits per heavy atom. The number of aryl methyl sites for hydroxylation is 2. The molecule has 0 unspecified atom stereocenters. The Morgan fingerprint density at radius 2 is 1.92 bits per heavy atom. The van der Waals surface area contributed by atoms with Gasteiger partial charge in [-0.3, -0.25) is 19.4 Å². The summed E-state index contributed by atoms with van der Waals surface area (Å²) >= 11 is 0. The fourth-order valence-corrected chi connectivity index (χ4v) is 4.10. The third kappa shape index (κ3) is 4.61. The molecule has 0 atom stereocenters. The number of morpholine rings is 1. The van der Waals surface area contributed by atoms with Gasteiger partial charge in [-0.25, -0.2) is 14.4 Å². The number of pyridine rings is 2. The first-order valence-electron chi connectivity index (χ1n) is 11.7. The van der Waals surface area contributed by atoms with Crippen LogP contribution < -0.4 is 10.2 Å². The van der Waals surface area contributed by atoms with E-state index in [-0.39, 0.29) is 5.69 Å². The van der Waals surface area contributed by atoms with Crippen molar-refractivity contribution in [3.63, 3.8) is 0 Å². The Labute approximate surface area is 207 Å². The minimum atomic E-state index is -1.66. The Bertz CT molecular complexity index is 1440. The maximum absolute atomic E-state index is 14.3. The summed E-state index contributed by atoms with van der Waals surface area (Å²) in [6, 6.07) is 4.79. The van der Waals surface area contributed by atoms with Crippen LogP contribution in [0.15, 0.2) is 36.8 Å². The largest absolute Gasteiger partial charge is 0.378 e. The van der Waals surface area contributed by atoms with Gasteiger partial charge in [-0.05, 0) is 39.0 Å². The lowest BCUT2D eigenvalue weighted by Gasteiger charge is -2.28. The lowest BCUT2D eigenvalue weighted by molar-refractivity contribution is 0.102. The number of aromatic nitrogens is 6. The highest BCUT2D eigenvalue weighted by molar-refractivity contribution is 6.04. The second-order valence-corrected chi connectivity index (χ2v) is 9.19. The van der Waals surface area contributed by atoms with E-state index in [2.05, 4.69) is 25.3 Å². The summed E-state index contributed by atoms with van der Waals surface area (Å²) in [6.07, 6.45) is 4.71. The number of nitrogens with zero attached hydrogens (tertiary/aromatic N) is 7. The molecule has 1 aliphatic rings. The van der Waals surface area contributed by atoms with Crippen LogP contribution in [-0.2, 0) is 17.5 Å². The summed E-state index contributed by atoms with van der Waals surface area (Å²) in [7, 11) is 1.87. The number of amides is 1. The van der Waals surface area contributed by atoms with Crippen molar-refractivity contribution >= 4 is 28.4 Å². The first-order valence-corrected chi connectivity index (χ1v) is 11.7. The number of halogens is 1. The van der Waals surface area contributed by atoms with Gasteiger partial charge in [0.2, 0.25) is 0 Å². The first-order chi connectivity index (χ1) is 17.2. The van der Waals surface area contributed by atoms with Crippen LogP contribution >= 0.6 is 0 Å². The van der Waals surface area contributed by atoms with E-state index in [1.54, 1.807) is 29.2 Å². The number of anilines is 2. The van der Waals surface area contributed by atoms with Gasteiger partial charge >= 0.3 is 0 Å². The molecule has 0 bridgehead atoms. The highest BCUT2D eigenvalue weighted by Gasteiger charge is 2.23. The molecule has 0 aromatic carbocycles. The van der Waals surface area contributed by atoms with Gasteiger partial charge in [0.25, 0.3) is 5.91 Å². The van der Waals surface area contributed by atoms with Crippen molar-refractivity contribution in [2.45, 2.75) is 26.4 Å². The zero-order valence-electron chi connectivity index (χ0n) is 20.6. The number of fused-ring (bicyclic) bond motifs is 1. The zero-order valence-corrected chi connectivity index (χ0v) is 20.6. The van der Waals surface area contributed by atoms with Crippen molar-refractivity contribution < 1.29 is 13.9 Å². The Balaban J connectivity index is 1.50. The fourth-order valence-electron chi connectivity index (χ4n) is 4.10. The summed E-state index contributed by atoms with van der Waals surface area (Å²) in [5.74, 6) is 0.880. The van der Waals surface area contributed by atoms with Gasteiger partial charge in [-0.2, -0.15) is 5.10 Å². The zero-order chi connectivity index (χ0) is 25.4. The summed E-state index contributed by atoms with van der Waals surface area (Å²) in [6.45, 7) is 7.34. The van der Waals surface area contributed by atoms with Gasteiger partial charge in [-0.15, -0.1) is 0 Å². The number of hydrogen-bond acceptors (Lipinski definition) is 8. The normalized spacial score (nSPS) is 14.3. The highest BCUT2D eigenvalue weighted by atomic mass is 19.1. The van der Waals surface area contributed by atoms with Crippen LogP contribution in [0.5, 0.6) is 0 Å². The number of ether oxygens (including phenoxy) is 1. The molecule has 4 aromatic heterocycles. The molecule has 0 spiro atoms. The lowest BCUT2D eigenvalue weighted by Crippen LogP contribution is -2.37. The smallest absolute Gasteiger partial charge is 0.255 e. The van der Waals surface area contributed by atoms with E-state index in [4.69, 9.17) is 14.7 Å². The van der Waals surface area contributed by atoms with Gasteiger partial charge in [0.15, 0.2) is 11.6 Å². The molecule has 5 heterocycles. The quantitative estimate of drug-likeness (QED) is 0.453. The fraction of sp³-hybridized carbons (Fsp3) is 0.360. The van der Waals surface area contributed by atoms with E-state index in [0.717, 1.165) is 22.5 Å². The van der Waals surface area contributed by atoms with E-state index in [1.165, 1.54) is 26.1 Å². The van der Waals surface area contributed by atoms with Crippen molar-refractivity contribution in [1.29, 1.82) is 0 Å². The SMILES string of the molecule is Cc1ncc(NC(=O)c2ccnc(C(C)(C)F)c2)cc1-c1nc(N2CCOCC2)c2c(cnn2C)n1. The summed E-state index contributed by atoms with van der Waals surface area (Å²) in [5.41, 5.74) is 2.28. The minimum absolute atomic E-state index is 0.187. The second kappa shape index (κ2) is 9.23. The van der Waals surface area contributed by atoms with Crippen molar-refractivity contribution in [2.24, 2.45) is 7.05 Å². The molecule has 4 aromatic rings. The summed E-state index contributed by atoms with van der Waals surface area (Å²) in [4.78, 5) is 33.2. The standard InChI is InChI=1S/C25H27FN8O2/c1-15-18(12-17(13-28-15)30-24(35)16-5-6-27-20(11-16)25(2,3)26)22-31-19-14-29-33(4)21(19)23(32-22)34-7-9-36-10-8-34/h5-6,11-14H,7-10H2,1-4H3,(H,30,35). The van der Waals surface area contributed by atoms with Gasteiger partial charge in [-0.1, -0.05) is 0 Å². The molecule has 36 heavy (non-hydrogen) atoms. The highest BCUT2D eigenvalue weighted by Crippen LogP contribution is 2.30. The van der Waals surface area contributed by atoms with E-state index in [9.17, 15) is 9.18 Å². The molecule has 10 nitrogen and oxygen atoms in total.